The van der Waals surface area contributed by atoms with Gasteiger partial charge in [0.1, 0.15) is 17.7 Å². The van der Waals surface area contributed by atoms with Crippen LogP contribution in [0.25, 0.3) is 0 Å². The first-order valence-electron chi connectivity index (χ1n) is 6.58. The Morgan fingerprint density at radius 1 is 1.43 bits per heavy atom. The number of hydrogen-bond acceptors (Lipinski definition) is 4. The highest BCUT2D eigenvalue weighted by molar-refractivity contribution is 5.92. The summed E-state index contributed by atoms with van der Waals surface area (Å²) in [6.07, 6.45) is 1.42. The van der Waals surface area contributed by atoms with Crippen molar-refractivity contribution in [2.75, 3.05) is 25.5 Å². The monoisotopic (exact) mass is 298 g/mol. The van der Waals surface area contributed by atoms with E-state index in [4.69, 9.17) is 0 Å². The predicted octanol–water partition coefficient (Wildman–Crippen LogP) is 1.54. The van der Waals surface area contributed by atoms with Crippen LogP contribution in [0.2, 0.25) is 0 Å². The Bertz CT molecular complexity index is 551. The topological polar surface area (TPSA) is 58.6 Å². The van der Waals surface area contributed by atoms with E-state index in [1.807, 2.05) is 0 Å². The number of esters is 1. The van der Waals surface area contributed by atoms with E-state index in [9.17, 15) is 18.4 Å². The van der Waals surface area contributed by atoms with E-state index < -0.39 is 23.6 Å². The fourth-order valence-electron chi connectivity index (χ4n) is 2.38. The minimum Gasteiger partial charge on any atom is -0.468 e. The number of carbonyl (C=O) groups excluding carboxylic acids is 2. The maximum Gasteiger partial charge on any atom is 0.323 e. The molecular weight excluding hydrogens is 282 g/mol. The number of hydrogen-bond donors (Lipinski definition) is 1. The van der Waals surface area contributed by atoms with Gasteiger partial charge in [0.2, 0.25) is 5.91 Å². The smallest absolute Gasteiger partial charge is 0.323 e. The summed E-state index contributed by atoms with van der Waals surface area (Å²) in [5.41, 5.74) is -0.0878. The third-order valence-corrected chi connectivity index (χ3v) is 3.39. The molecule has 1 unspecified atom stereocenters. The zero-order chi connectivity index (χ0) is 15.4. The summed E-state index contributed by atoms with van der Waals surface area (Å²) < 4.78 is 30.9. The van der Waals surface area contributed by atoms with Crippen molar-refractivity contribution in [3.05, 3.63) is 29.8 Å². The molecule has 1 aliphatic heterocycles. The van der Waals surface area contributed by atoms with Crippen molar-refractivity contribution in [3.8, 4) is 0 Å². The SMILES string of the molecule is COC(=O)C1CCCN1CC(=O)Nc1ccc(F)cc1F. The average Bonchev–Trinajstić information content (AvgIpc) is 2.89. The highest BCUT2D eigenvalue weighted by atomic mass is 19.1. The van der Waals surface area contributed by atoms with Crippen LogP contribution in [0.15, 0.2) is 18.2 Å². The van der Waals surface area contributed by atoms with Gasteiger partial charge in [0.25, 0.3) is 0 Å². The number of halogens is 2. The van der Waals surface area contributed by atoms with Crippen LogP contribution in [-0.4, -0.2) is 43.0 Å². The van der Waals surface area contributed by atoms with Gasteiger partial charge in [-0.2, -0.15) is 0 Å². The number of methoxy groups -OCH3 is 1. The Morgan fingerprint density at radius 3 is 2.86 bits per heavy atom. The number of benzene rings is 1. The Labute approximate surface area is 120 Å². The third kappa shape index (κ3) is 3.75. The Kier molecular flexibility index (Phi) is 4.85. The van der Waals surface area contributed by atoms with Gasteiger partial charge in [0, 0.05) is 6.07 Å². The van der Waals surface area contributed by atoms with Crippen LogP contribution in [0.3, 0.4) is 0 Å². The molecule has 1 aliphatic rings. The second kappa shape index (κ2) is 6.62. The van der Waals surface area contributed by atoms with E-state index in [-0.39, 0.29) is 18.2 Å². The van der Waals surface area contributed by atoms with Crippen molar-refractivity contribution >= 4 is 17.6 Å². The second-order valence-electron chi connectivity index (χ2n) is 4.82. The van der Waals surface area contributed by atoms with Crippen molar-refractivity contribution < 1.29 is 23.1 Å². The summed E-state index contributed by atoms with van der Waals surface area (Å²) >= 11 is 0. The minimum atomic E-state index is -0.839. The molecule has 1 aromatic carbocycles. The molecule has 21 heavy (non-hydrogen) atoms. The molecule has 0 aliphatic carbocycles. The summed E-state index contributed by atoms with van der Waals surface area (Å²) in [6.45, 7) is 0.551. The molecule has 1 amide bonds. The van der Waals surface area contributed by atoms with E-state index >= 15 is 0 Å². The van der Waals surface area contributed by atoms with Crippen molar-refractivity contribution in [2.24, 2.45) is 0 Å². The Hall–Kier alpha value is -2.02. The average molecular weight is 298 g/mol. The van der Waals surface area contributed by atoms with Crippen LogP contribution < -0.4 is 5.32 Å². The minimum absolute atomic E-state index is 0.0451. The third-order valence-electron chi connectivity index (χ3n) is 3.39. The van der Waals surface area contributed by atoms with Gasteiger partial charge in [-0.1, -0.05) is 0 Å². The first-order valence-corrected chi connectivity index (χ1v) is 6.58. The molecule has 1 saturated heterocycles. The first-order chi connectivity index (χ1) is 10.0. The number of nitrogens with one attached hydrogen (secondary N) is 1. The van der Waals surface area contributed by atoms with Crippen molar-refractivity contribution in [3.63, 3.8) is 0 Å². The normalized spacial score (nSPS) is 18.5. The highest BCUT2D eigenvalue weighted by Crippen LogP contribution is 2.19. The molecule has 5 nitrogen and oxygen atoms in total. The van der Waals surface area contributed by atoms with E-state index in [0.29, 0.717) is 19.0 Å². The lowest BCUT2D eigenvalue weighted by Crippen LogP contribution is -2.41. The maximum atomic E-state index is 13.4. The van der Waals surface area contributed by atoms with Crippen LogP contribution in [0.5, 0.6) is 0 Å². The van der Waals surface area contributed by atoms with Crippen LogP contribution >= 0.6 is 0 Å². The quantitative estimate of drug-likeness (QED) is 0.857. The van der Waals surface area contributed by atoms with Gasteiger partial charge in [-0.15, -0.1) is 0 Å². The first kappa shape index (κ1) is 15.4. The molecule has 0 radical (unpaired) electrons. The van der Waals surface area contributed by atoms with Gasteiger partial charge in [-0.05, 0) is 31.5 Å². The number of rotatable bonds is 4. The highest BCUT2D eigenvalue weighted by Gasteiger charge is 2.32. The summed E-state index contributed by atoms with van der Waals surface area (Å²) in [4.78, 5) is 25.1. The maximum absolute atomic E-state index is 13.4. The molecule has 1 atom stereocenters. The standard InChI is InChI=1S/C14H16F2N2O3/c1-21-14(20)12-3-2-6-18(12)8-13(19)17-11-5-4-9(15)7-10(11)16/h4-5,7,12H,2-3,6,8H2,1H3,(H,17,19). The fourth-order valence-corrected chi connectivity index (χ4v) is 2.38. The van der Waals surface area contributed by atoms with Gasteiger partial charge in [0.15, 0.2) is 0 Å². The van der Waals surface area contributed by atoms with E-state index in [0.717, 1.165) is 18.6 Å². The molecule has 0 bridgehead atoms. The van der Waals surface area contributed by atoms with Crippen LogP contribution in [0.1, 0.15) is 12.8 Å². The van der Waals surface area contributed by atoms with Gasteiger partial charge in [-0.25, -0.2) is 8.78 Å². The molecular formula is C14H16F2N2O3. The summed E-state index contributed by atoms with van der Waals surface area (Å²) in [5.74, 6) is -2.39. The zero-order valence-corrected chi connectivity index (χ0v) is 11.6. The molecule has 114 valence electrons. The van der Waals surface area contributed by atoms with E-state index in [2.05, 4.69) is 10.1 Å². The zero-order valence-electron chi connectivity index (χ0n) is 11.6. The predicted molar refractivity (Wildman–Crippen MR) is 71.6 cm³/mol. The second-order valence-corrected chi connectivity index (χ2v) is 4.82. The van der Waals surface area contributed by atoms with Crippen molar-refractivity contribution in [1.82, 2.24) is 4.90 Å². The Morgan fingerprint density at radius 2 is 2.19 bits per heavy atom. The molecule has 0 spiro atoms. The summed E-state index contributed by atoms with van der Waals surface area (Å²) in [7, 11) is 1.30. The summed E-state index contributed by atoms with van der Waals surface area (Å²) in [5, 5.41) is 2.37. The molecule has 1 fully saturated rings. The number of likely N-dealkylation sites (tertiary alicyclic amines) is 1. The number of ether oxygens (including phenoxy) is 1. The molecule has 1 N–H and O–H groups in total. The number of carbonyl (C=O) groups is 2. The summed E-state index contributed by atoms with van der Waals surface area (Å²) in [6, 6.07) is 2.47. The van der Waals surface area contributed by atoms with Gasteiger partial charge < -0.3 is 10.1 Å². The van der Waals surface area contributed by atoms with Crippen LogP contribution in [0, 0.1) is 11.6 Å². The molecule has 0 aromatic heterocycles. The number of nitrogens with zero attached hydrogens (tertiary/aromatic N) is 1. The molecule has 1 heterocycles. The van der Waals surface area contributed by atoms with E-state index in [1.165, 1.54) is 7.11 Å². The fraction of sp³-hybridized carbons (Fsp3) is 0.429. The van der Waals surface area contributed by atoms with Gasteiger partial charge in [-0.3, -0.25) is 14.5 Å². The van der Waals surface area contributed by atoms with Crippen molar-refractivity contribution in [1.29, 1.82) is 0 Å². The van der Waals surface area contributed by atoms with Gasteiger partial charge in [0.05, 0.1) is 19.3 Å². The Balaban J connectivity index is 1.96. The molecule has 2 rings (SSSR count). The molecule has 0 saturated carbocycles. The van der Waals surface area contributed by atoms with E-state index in [1.54, 1.807) is 4.90 Å². The largest absolute Gasteiger partial charge is 0.468 e. The van der Waals surface area contributed by atoms with Crippen LogP contribution in [0.4, 0.5) is 14.5 Å². The van der Waals surface area contributed by atoms with Crippen LogP contribution in [-0.2, 0) is 14.3 Å². The molecule has 1 aromatic rings. The van der Waals surface area contributed by atoms with Crippen molar-refractivity contribution in [2.45, 2.75) is 18.9 Å². The molecule has 7 heteroatoms. The number of anilines is 1. The lowest BCUT2D eigenvalue weighted by molar-refractivity contribution is -0.146. The lowest BCUT2D eigenvalue weighted by Gasteiger charge is -2.21. The lowest BCUT2D eigenvalue weighted by atomic mass is 10.2. The van der Waals surface area contributed by atoms with Gasteiger partial charge >= 0.3 is 5.97 Å². The number of amides is 1.